The predicted molar refractivity (Wildman–Crippen MR) is 77.5 cm³/mol. The van der Waals surface area contributed by atoms with Crippen molar-refractivity contribution in [3.63, 3.8) is 0 Å². The summed E-state index contributed by atoms with van der Waals surface area (Å²) >= 11 is 6.05. The van der Waals surface area contributed by atoms with Crippen LogP contribution < -0.4 is 5.32 Å². The number of pyridine rings is 1. The van der Waals surface area contributed by atoms with Crippen LogP contribution in [-0.4, -0.2) is 15.7 Å². The first-order valence-electron chi connectivity index (χ1n) is 5.59. The van der Waals surface area contributed by atoms with Crippen molar-refractivity contribution >= 4 is 40.6 Å². The summed E-state index contributed by atoms with van der Waals surface area (Å²) in [7, 11) is 0. The molecule has 21 heavy (non-hydrogen) atoms. The van der Waals surface area contributed by atoms with E-state index in [0.29, 0.717) is 17.4 Å². The van der Waals surface area contributed by atoms with E-state index < -0.39 is 10.7 Å². The zero-order valence-corrected chi connectivity index (χ0v) is 11.9. The number of nitrogens with one attached hydrogen (secondary N) is 1. The van der Waals surface area contributed by atoms with E-state index in [4.69, 9.17) is 11.6 Å². The van der Waals surface area contributed by atoms with E-state index in [1.54, 1.807) is 12.1 Å². The van der Waals surface area contributed by atoms with Gasteiger partial charge in [-0.15, -0.1) is 0 Å². The second-order valence-corrected chi connectivity index (χ2v) is 5.18. The molecule has 1 heterocycles. The molecule has 0 fully saturated rings. The SMILES string of the molecule is O=[N+]([O-])c1ccc(Cl)nc1Nc1ccccc1SC(F)F. The third-order valence-corrected chi connectivity index (χ3v) is 3.39. The Morgan fingerprint density at radius 1 is 1.29 bits per heavy atom. The Balaban J connectivity index is 2.38. The molecule has 0 saturated heterocycles. The van der Waals surface area contributed by atoms with Crippen molar-refractivity contribution in [2.24, 2.45) is 0 Å². The molecule has 0 aliphatic heterocycles. The average molecular weight is 332 g/mol. The van der Waals surface area contributed by atoms with Gasteiger partial charge in [0.2, 0.25) is 5.82 Å². The first-order valence-corrected chi connectivity index (χ1v) is 6.85. The van der Waals surface area contributed by atoms with E-state index >= 15 is 0 Å². The lowest BCUT2D eigenvalue weighted by molar-refractivity contribution is -0.384. The summed E-state index contributed by atoms with van der Waals surface area (Å²) in [6.07, 6.45) is 0. The molecule has 0 spiro atoms. The molecule has 0 radical (unpaired) electrons. The molecule has 0 amide bonds. The third kappa shape index (κ3) is 4.02. The number of nitro groups is 1. The van der Waals surface area contributed by atoms with Gasteiger partial charge in [0.25, 0.3) is 5.76 Å². The van der Waals surface area contributed by atoms with E-state index in [1.807, 2.05) is 0 Å². The van der Waals surface area contributed by atoms with E-state index in [0.717, 1.165) is 0 Å². The summed E-state index contributed by atoms with van der Waals surface area (Å²) in [5, 5.41) is 13.7. The number of halogens is 3. The summed E-state index contributed by atoms with van der Waals surface area (Å²) in [5.74, 6) is -2.70. The number of anilines is 2. The normalized spacial score (nSPS) is 10.7. The van der Waals surface area contributed by atoms with Crippen molar-refractivity contribution in [3.8, 4) is 0 Å². The Kier molecular flexibility index (Phi) is 4.92. The highest BCUT2D eigenvalue weighted by Gasteiger charge is 2.18. The number of para-hydroxylation sites is 1. The van der Waals surface area contributed by atoms with Crippen LogP contribution in [0.1, 0.15) is 0 Å². The monoisotopic (exact) mass is 331 g/mol. The molecule has 1 aromatic carbocycles. The molecule has 1 N–H and O–H groups in total. The van der Waals surface area contributed by atoms with Gasteiger partial charge in [-0.1, -0.05) is 35.5 Å². The topological polar surface area (TPSA) is 68.1 Å². The predicted octanol–water partition coefficient (Wildman–Crippen LogP) is 4.70. The van der Waals surface area contributed by atoms with Crippen molar-refractivity contribution in [3.05, 3.63) is 51.7 Å². The minimum absolute atomic E-state index is 0.0575. The molecule has 0 bridgehead atoms. The summed E-state index contributed by atoms with van der Waals surface area (Å²) in [6, 6.07) is 8.70. The molecule has 0 saturated carbocycles. The molecule has 0 atom stereocenters. The van der Waals surface area contributed by atoms with E-state index in [1.165, 1.54) is 24.3 Å². The number of aromatic nitrogens is 1. The van der Waals surface area contributed by atoms with Gasteiger partial charge in [0.05, 0.1) is 10.6 Å². The van der Waals surface area contributed by atoms with Gasteiger partial charge in [0, 0.05) is 11.0 Å². The number of rotatable bonds is 5. The number of nitrogens with zero attached hydrogens (tertiary/aromatic N) is 2. The molecule has 110 valence electrons. The lowest BCUT2D eigenvalue weighted by atomic mass is 10.3. The van der Waals surface area contributed by atoms with Crippen molar-refractivity contribution in [1.82, 2.24) is 4.98 Å². The fourth-order valence-corrected chi connectivity index (χ4v) is 2.31. The summed E-state index contributed by atoms with van der Waals surface area (Å²) in [5.41, 5.74) is -0.00285. The zero-order chi connectivity index (χ0) is 15.4. The van der Waals surface area contributed by atoms with Crippen LogP contribution in [0.2, 0.25) is 5.15 Å². The maximum atomic E-state index is 12.5. The van der Waals surface area contributed by atoms with Crippen LogP contribution in [0.25, 0.3) is 0 Å². The van der Waals surface area contributed by atoms with Crippen molar-refractivity contribution < 1.29 is 13.7 Å². The standard InChI is InChI=1S/C12H8ClF2N3O2S/c13-10-6-5-8(18(19)20)11(17-10)16-7-3-1-2-4-9(7)21-12(14)15/h1-6,12H,(H,16,17). The Morgan fingerprint density at radius 3 is 2.67 bits per heavy atom. The fraction of sp³-hybridized carbons (Fsp3) is 0.0833. The number of benzene rings is 1. The van der Waals surface area contributed by atoms with Crippen molar-refractivity contribution in [2.75, 3.05) is 5.32 Å². The van der Waals surface area contributed by atoms with Crippen LogP contribution in [0, 0.1) is 10.1 Å². The first kappa shape index (κ1) is 15.5. The third-order valence-electron chi connectivity index (χ3n) is 2.39. The van der Waals surface area contributed by atoms with E-state index in [9.17, 15) is 18.9 Å². The van der Waals surface area contributed by atoms with Gasteiger partial charge >= 0.3 is 5.69 Å². The Bertz CT molecular complexity index is 673. The highest BCUT2D eigenvalue weighted by atomic mass is 35.5. The van der Waals surface area contributed by atoms with Gasteiger partial charge in [-0.2, -0.15) is 8.78 Å². The summed E-state index contributed by atoms with van der Waals surface area (Å²) < 4.78 is 25.0. The highest BCUT2D eigenvalue weighted by Crippen LogP contribution is 2.35. The molecule has 0 aliphatic carbocycles. The van der Waals surface area contributed by atoms with Crippen LogP contribution in [0.5, 0.6) is 0 Å². The Hall–Kier alpha value is -1.93. The molecule has 9 heteroatoms. The Labute approximate surface area is 127 Å². The molecular formula is C12H8ClF2N3O2S. The second kappa shape index (κ2) is 6.68. The number of alkyl halides is 2. The fourth-order valence-electron chi connectivity index (χ4n) is 1.56. The van der Waals surface area contributed by atoms with Gasteiger partial charge in [0.1, 0.15) is 5.15 Å². The molecule has 0 unspecified atom stereocenters. The second-order valence-electron chi connectivity index (χ2n) is 3.76. The lowest BCUT2D eigenvalue weighted by Crippen LogP contribution is -2.01. The summed E-state index contributed by atoms with van der Waals surface area (Å²) in [6.45, 7) is 0. The first-order chi connectivity index (χ1) is 9.97. The van der Waals surface area contributed by atoms with Crippen LogP contribution in [0.4, 0.5) is 26.0 Å². The van der Waals surface area contributed by atoms with Crippen molar-refractivity contribution in [1.29, 1.82) is 0 Å². The smallest absolute Gasteiger partial charge is 0.311 e. The zero-order valence-electron chi connectivity index (χ0n) is 10.3. The number of thioether (sulfide) groups is 1. The van der Waals surface area contributed by atoms with Gasteiger partial charge in [-0.05, 0) is 18.2 Å². The van der Waals surface area contributed by atoms with Gasteiger partial charge in [-0.25, -0.2) is 4.98 Å². The quantitative estimate of drug-likeness (QED) is 0.372. The van der Waals surface area contributed by atoms with Gasteiger partial charge in [-0.3, -0.25) is 10.1 Å². The molecule has 1 aromatic heterocycles. The average Bonchev–Trinajstić information content (AvgIpc) is 2.40. The van der Waals surface area contributed by atoms with Gasteiger partial charge < -0.3 is 5.32 Å². The number of hydrogen-bond acceptors (Lipinski definition) is 5. The maximum absolute atomic E-state index is 12.5. The van der Waals surface area contributed by atoms with Crippen LogP contribution in [0.15, 0.2) is 41.3 Å². The van der Waals surface area contributed by atoms with Crippen LogP contribution in [0.3, 0.4) is 0 Å². The molecule has 5 nitrogen and oxygen atoms in total. The summed E-state index contributed by atoms with van der Waals surface area (Å²) in [4.78, 5) is 14.4. The van der Waals surface area contributed by atoms with Crippen molar-refractivity contribution in [2.45, 2.75) is 10.7 Å². The molecule has 2 aromatic rings. The molecule has 0 aliphatic rings. The van der Waals surface area contributed by atoms with Crippen LogP contribution >= 0.6 is 23.4 Å². The largest absolute Gasteiger partial charge is 0.333 e. The van der Waals surface area contributed by atoms with E-state index in [-0.39, 0.29) is 21.6 Å². The maximum Gasteiger partial charge on any atom is 0.311 e. The Morgan fingerprint density at radius 2 is 2.00 bits per heavy atom. The van der Waals surface area contributed by atoms with E-state index in [2.05, 4.69) is 10.3 Å². The lowest BCUT2D eigenvalue weighted by Gasteiger charge is -2.11. The minimum Gasteiger partial charge on any atom is -0.333 e. The van der Waals surface area contributed by atoms with Gasteiger partial charge in [0.15, 0.2) is 0 Å². The highest BCUT2D eigenvalue weighted by molar-refractivity contribution is 7.99. The molecular weight excluding hydrogens is 324 g/mol. The van der Waals surface area contributed by atoms with Crippen LogP contribution in [-0.2, 0) is 0 Å². The molecule has 2 rings (SSSR count). The minimum atomic E-state index is -2.60. The number of hydrogen-bond donors (Lipinski definition) is 1.